The summed E-state index contributed by atoms with van der Waals surface area (Å²) in [6, 6.07) is 0. The third-order valence-electron chi connectivity index (χ3n) is 3.16. The molecule has 0 aromatic rings. The smallest absolute Gasteiger partial charge is 0.306 e. The Balaban J connectivity index is 1.71. The van der Waals surface area contributed by atoms with Crippen molar-refractivity contribution in [2.45, 2.75) is 44.6 Å². The van der Waals surface area contributed by atoms with Gasteiger partial charge in [0, 0.05) is 0 Å². The first-order valence-corrected chi connectivity index (χ1v) is 5.68. The Morgan fingerprint density at radius 3 is 2.54 bits per heavy atom. The van der Waals surface area contributed by atoms with Crippen LogP contribution in [0.3, 0.4) is 0 Å². The van der Waals surface area contributed by atoms with E-state index in [1.807, 2.05) is 0 Å². The van der Waals surface area contributed by atoms with Gasteiger partial charge in [0.1, 0.15) is 6.10 Å². The van der Waals surface area contributed by atoms with E-state index in [9.17, 15) is 4.79 Å². The van der Waals surface area contributed by atoms with Crippen molar-refractivity contribution in [2.24, 2.45) is 5.41 Å². The number of carbonyl (C=O) groups excluding carboxylic acids is 1. The third kappa shape index (κ3) is 2.19. The van der Waals surface area contributed by atoms with E-state index in [-0.39, 0.29) is 17.5 Å². The van der Waals surface area contributed by atoms with Gasteiger partial charge in [-0.25, -0.2) is 0 Å². The van der Waals surface area contributed by atoms with Crippen LogP contribution in [-0.2, 0) is 9.53 Å². The van der Waals surface area contributed by atoms with Crippen LogP contribution in [0.25, 0.3) is 0 Å². The van der Waals surface area contributed by atoms with Crippen LogP contribution in [0.4, 0.5) is 0 Å². The Morgan fingerprint density at radius 2 is 2.15 bits per heavy atom. The Hall–Kier alpha value is -0.180. The lowest BCUT2D eigenvalue weighted by Gasteiger charge is -2.26. The van der Waals surface area contributed by atoms with Crippen molar-refractivity contribution in [1.29, 1.82) is 0 Å². The number of carbonyl (C=O) groups is 1. The molecule has 0 amide bonds. The second-order valence-corrected chi connectivity index (χ2v) is 4.69. The Bertz CT molecular complexity index is 207. The predicted molar refractivity (Wildman–Crippen MR) is 53.9 cm³/mol. The van der Waals surface area contributed by atoms with Crippen LogP contribution in [0.1, 0.15) is 38.5 Å². The van der Waals surface area contributed by atoms with E-state index < -0.39 is 0 Å². The number of ether oxygens (including phenoxy) is 1. The van der Waals surface area contributed by atoms with Gasteiger partial charge in [-0.15, -0.1) is 0 Å². The SMILES string of the molecule is O=C(CC1(CS)CC1)OC1CCC1. The van der Waals surface area contributed by atoms with Crippen LogP contribution in [-0.4, -0.2) is 17.8 Å². The van der Waals surface area contributed by atoms with E-state index in [1.54, 1.807) is 0 Å². The molecule has 2 fully saturated rings. The van der Waals surface area contributed by atoms with E-state index in [0.717, 1.165) is 31.4 Å². The average molecular weight is 200 g/mol. The summed E-state index contributed by atoms with van der Waals surface area (Å²) in [6.45, 7) is 0. The first-order valence-electron chi connectivity index (χ1n) is 5.04. The van der Waals surface area contributed by atoms with Crippen LogP contribution in [0, 0.1) is 5.41 Å². The van der Waals surface area contributed by atoms with E-state index in [2.05, 4.69) is 12.6 Å². The minimum atomic E-state index is -0.00347. The zero-order chi connectivity index (χ0) is 9.31. The lowest BCUT2D eigenvalue weighted by atomic mass is 9.96. The molecule has 13 heavy (non-hydrogen) atoms. The molecular formula is C10H16O2S. The monoisotopic (exact) mass is 200 g/mol. The molecular weight excluding hydrogens is 184 g/mol. The van der Waals surface area contributed by atoms with Gasteiger partial charge in [0.15, 0.2) is 0 Å². The van der Waals surface area contributed by atoms with E-state index in [1.165, 1.54) is 6.42 Å². The maximum Gasteiger partial charge on any atom is 0.306 e. The van der Waals surface area contributed by atoms with Gasteiger partial charge in [-0.1, -0.05) is 0 Å². The highest BCUT2D eigenvalue weighted by Gasteiger charge is 2.43. The summed E-state index contributed by atoms with van der Waals surface area (Å²) in [6.07, 6.45) is 6.48. The molecule has 2 nitrogen and oxygen atoms in total. The largest absolute Gasteiger partial charge is 0.462 e. The van der Waals surface area contributed by atoms with Gasteiger partial charge in [-0.2, -0.15) is 12.6 Å². The minimum Gasteiger partial charge on any atom is -0.462 e. The summed E-state index contributed by atoms with van der Waals surface area (Å²) in [7, 11) is 0. The van der Waals surface area contributed by atoms with Gasteiger partial charge in [-0.3, -0.25) is 4.79 Å². The van der Waals surface area contributed by atoms with Crippen molar-refractivity contribution >= 4 is 18.6 Å². The van der Waals surface area contributed by atoms with E-state index in [4.69, 9.17) is 4.74 Å². The molecule has 0 aliphatic heterocycles. The number of esters is 1. The van der Waals surface area contributed by atoms with Gasteiger partial charge in [-0.05, 0) is 43.3 Å². The molecule has 0 spiro atoms. The molecule has 2 aliphatic carbocycles. The molecule has 0 saturated heterocycles. The number of thiol groups is 1. The van der Waals surface area contributed by atoms with Gasteiger partial charge in [0.25, 0.3) is 0 Å². The van der Waals surface area contributed by atoms with Crippen LogP contribution in [0.5, 0.6) is 0 Å². The van der Waals surface area contributed by atoms with Crippen molar-refractivity contribution in [3.05, 3.63) is 0 Å². The highest BCUT2D eigenvalue weighted by molar-refractivity contribution is 7.80. The van der Waals surface area contributed by atoms with E-state index >= 15 is 0 Å². The molecule has 74 valence electrons. The second-order valence-electron chi connectivity index (χ2n) is 4.38. The molecule has 3 heteroatoms. The first-order chi connectivity index (χ1) is 6.24. The topological polar surface area (TPSA) is 26.3 Å². The third-order valence-corrected chi connectivity index (χ3v) is 3.83. The number of hydrogen-bond acceptors (Lipinski definition) is 3. The van der Waals surface area contributed by atoms with Crippen LogP contribution in [0.15, 0.2) is 0 Å². The van der Waals surface area contributed by atoms with Gasteiger partial charge < -0.3 is 4.74 Å². The maximum absolute atomic E-state index is 11.4. The van der Waals surface area contributed by atoms with E-state index in [0.29, 0.717) is 6.42 Å². The average Bonchev–Trinajstić information content (AvgIpc) is 2.78. The zero-order valence-corrected chi connectivity index (χ0v) is 8.69. The summed E-state index contributed by atoms with van der Waals surface area (Å²) in [5, 5.41) is 0. The van der Waals surface area contributed by atoms with Gasteiger partial charge in [0.2, 0.25) is 0 Å². The lowest BCUT2D eigenvalue weighted by molar-refractivity contribution is -0.154. The standard InChI is InChI=1S/C10H16O2S/c11-9(12-8-2-1-3-8)6-10(7-13)4-5-10/h8,13H,1-7H2. The van der Waals surface area contributed by atoms with Crippen LogP contribution in [0.2, 0.25) is 0 Å². The van der Waals surface area contributed by atoms with Crippen molar-refractivity contribution < 1.29 is 9.53 Å². The second kappa shape index (κ2) is 3.52. The minimum absolute atomic E-state index is 0.00347. The van der Waals surface area contributed by atoms with Gasteiger partial charge in [0.05, 0.1) is 6.42 Å². The highest BCUT2D eigenvalue weighted by Crippen LogP contribution is 2.49. The molecule has 2 saturated carbocycles. The maximum atomic E-state index is 11.4. The fourth-order valence-corrected chi connectivity index (χ4v) is 2.02. The first kappa shape index (κ1) is 9.38. The molecule has 0 aromatic heterocycles. The van der Waals surface area contributed by atoms with Crippen LogP contribution >= 0.6 is 12.6 Å². The molecule has 2 aliphatic rings. The quantitative estimate of drug-likeness (QED) is 0.556. The fourth-order valence-electron chi connectivity index (χ4n) is 1.59. The molecule has 0 atom stereocenters. The molecule has 0 unspecified atom stereocenters. The normalized spacial score (nSPS) is 25.0. The number of hydrogen-bond donors (Lipinski definition) is 1. The lowest BCUT2D eigenvalue weighted by Crippen LogP contribution is -2.26. The van der Waals surface area contributed by atoms with Crippen molar-refractivity contribution in [1.82, 2.24) is 0 Å². The molecule has 0 N–H and O–H groups in total. The zero-order valence-electron chi connectivity index (χ0n) is 7.79. The molecule has 0 radical (unpaired) electrons. The van der Waals surface area contributed by atoms with Crippen molar-refractivity contribution in [3.8, 4) is 0 Å². The Labute approximate surface area is 84.4 Å². The Morgan fingerprint density at radius 1 is 1.46 bits per heavy atom. The molecule has 2 rings (SSSR count). The van der Waals surface area contributed by atoms with Crippen molar-refractivity contribution in [2.75, 3.05) is 5.75 Å². The summed E-state index contributed by atoms with van der Waals surface area (Å²) >= 11 is 4.26. The molecule has 0 bridgehead atoms. The fraction of sp³-hybridized carbons (Fsp3) is 0.900. The summed E-state index contributed by atoms with van der Waals surface area (Å²) < 4.78 is 5.29. The summed E-state index contributed by atoms with van der Waals surface area (Å²) in [5.41, 5.74) is 0.212. The van der Waals surface area contributed by atoms with Crippen LogP contribution < -0.4 is 0 Å². The molecule has 0 heterocycles. The Kier molecular flexibility index (Phi) is 2.54. The number of rotatable bonds is 4. The highest BCUT2D eigenvalue weighted by atomic mass is 32.1. The summed E-state index contributed by atoms with van der Waals surface area (Å²) in [5.74, 6) is 0.823. The van der Waals surface area contributed by atoms with Crippen molar-refractivity contribution in [3.63, 3.8) is 0 Å². The van der Waals surface area contributed by atoms with Gasteiger partial charge >= 0.3 is 5.97 Å². The molecule has 0 aromatic carbocycles. The summed E-state index contributed by atoms with van der Waals surface area (Å²) in [4.78, 5) is 11.4. The predicted octanol–water partition coefficient (Wildman–Crippen LogP) is 2.18.